The molecule has 50 heavy (non-hydrogen) atoms. The van der Waals surface area contributed by atoms with E-state index in [0.29, 0.717) is 19.3 Å². The maximum absolute atomic E-state index is 12.6. The fourth-order valence-corrected chi connectivity index (χ4v) is 4.73. The van der Waals surface area contributed by atoms with Gasteiger partial charge in [-0.2, -0.15) is 0 Å². The molecule has 0 rings (SSSR count). The number of carbonyl (C=O) groups excluding carboxylic acids is 2. The Kier molecular flexibility index (Phi) is 30.4. The number of rotatable bonds is 31. The number of carboxylic acids is 1. The fourth-order valence-electron chi connectivity index (χ4n) is 4.73. The summed E-state index contributed by atoms with van der Waals surface area (Å²) in [6.45, 7) is 4.42. The van der Waals surface area contributed by atoms with Gasteiger partial charge in [0.15, 0.2) is 12.1 Å². The summed E-state index contributed by atoms with van der Waals surface area (Å²) < 4.78 is 17.1. The number of nitrogens with zero attached hydrogens (tertiary/aromatic N) is 1. The molecule has 0 saturated carbocycles. The largest absolute Gasteiger partial charge is 0.477 e. The molecule has 0 aromatic rings. The van der Waals surface area contributed by atoms with E-state index < -0.39 is 18.1 Å². The van der Waals surface area contributed by atoms with E-state index >= 15 is 0 Å². The van der Waals surface area contributed by atoms with E-state index in [0.717, 1.165) is 57.8 Å². The Bertz CT molecular complexity index is 1090. The number of carboxylic acid groups (broad SMARTS) is 1. The van der Waals surface area contributed by atoms with E-state index in [-0.39, 0.29) is 42.7 Å². The fraction of sp³-hybridized carbons (Fsp3) is 0.595. The Balaban J connectivity index is 4.58. The zero-order valence-corrected chi connectivity index (χ0v) is 31.8. The lowest BCUT2D eigenvalue weighted by atomic mass is 10.1. The molecule has 282 valence electrons. The summed E-state index contributed by atoms with van der Waals surface area (Å²) in [5.74, 6) is -1.58. The van der Waals surface area contributed by atoms with Crippen LogP contribution in [0, 0.1) is 0 Å². The average molecular weight is 699 g/mol. The van der Waals surface area contributed by atoms with Crippen LogP contribution >= 0.6 is 0 Å². The lowest BCUT2D eigenvalue weighted by Gasteiger charge is -2.31. The zero-order chi connectivity index (χ0) is 37.1. The molecule has 0 saturated heterocycles. The maximum atomic E-state index is 12.6. The first-order valence-corrected chi connectivity index (χ1v) is 18.7. The number of unbranched alkanes of at least 4 members (excludes halogenated alkanes) is 8. The van der Waals surface area contributed by atoms with Crippen molar-refractivity contribution in [2.24, 2.45) is 0 Å². The third-order valence-electron chi connectivity index (χ3n) is 7.68. The molecule has 8 nitrogen and oxygen atoms in total. The molecule has 1 N–H and O–H groups in total. The number of hydrogen-bond donors (Lipinski definition) is 1. The summed E-state index contributed by atoms with van der Waals surface area (Å²) in [5.41, 5.74) is 0. The van der Waals surface area contributed by atoms with Crippen LogP contribution in [0.15, 0.2) is 85.1 Å². The number of allylic oxidation sites excluding steroid dienone is 14. The van der Waals surface area contributed by atoms with E-state index in [4.69, 9.17) is 14.2 Å². The number of esters is 2. The van der Waals surface area contributed by atoms with Gasteiger partial charge in [0, 0.05) is 19.3 Å². The molecule has 8 heteroatoms. The van der Waals surface area contributed by atoms with E-state index in [1.807, 2.05) is 69.8 Å². The Morgan fingerprint density at radius 2 is 1.12 bits per heavy atom. The first kappa shape index (κ1) is 46.5. The van der Waals surface area contributed by atoms with E-state index in [1.54, 1.807) is 0 Å². The smallest absolute Gasteiger partial charge is 0.362 e. The number of likely N-dealkylation sites (N-methyl/N-ethyl adjacent to an activating group) is 1. The summed E-state index contributed by atoms with van der Waals surface area (Å²) in [5, 5.41) is 9.57. The Morgan fingerprint density at radius 1 is 0.620 bits per heavy atom. The second-order valence-corrected chi connectivity index (χ2v) is 13.2. The molecule has 0 amide bonds. The van der Waals surface area contributed by atoms with Gasteiger partial charge < -0.3 is 23.8 Å². The predicted octanol–water partition coefficient (Wildman–Crippen LogP) is 9.40. The van der Waals surface area contributed by atoms with E-state index in [9.17, 15) is 19.5 Å². The monoisotopic (exact) mass is 698 g/mol. The molecular formula is C42H68NO7+. The second kappa shape index (κ2) is 32.7. The minimum absolute atomic E-state index is 0.0304. The van der Waals surface area contributed by atoms with Crippen molar-refractivity contribution in [3.63, 3.8) is 0 Å². The average Bonchev–Trinajstić information content (AvgIpc) is 3.06. The van der Waals surface area contributed by atoms with Crippen LogP contribution in [0.2, 0.25) is 0 Å². The van der Waals surface area contributed by atoms with E-state index in [1.165, 1.54) is 12.8 Å². The van der Waals surface area contributed by atoms with Gasteiger partial charge in [-0.05, 0) is 51.4 Å². The van der Waals surface area contributed by atoms with Crippen LogP contribution in [-0.2, 0) is 28.6 Å². The molecule has 0 aliphatic carbocycles. The van der Waals surface area contributed by atoms with Crippen molar-refractivity contribution >= 4 is 17.9 Å². The van der Waals surface area contributed by atoms with Crippen LogP contribution in [0.3, 0.4) is 0 Å². The summed E-state index contributed by atoms with van der Waals surface area (Å²) in [4.78, 5) is 36.7. The number of ether oxygens (including phenoxy) is 3. The number of aliphatic carboxylic acids is 1. The molecule has 0 aromatic heterocycles. The highest BCUT2D eigenvalue weighted by atomic mass is 16.6. The summed E-state index contributed by atoms with van der Waals surface area (Å²) in [6.07, 6.45) is 40.6. The van der Waals surface area contributed by atoms with Crippen molar-refractivity contribution in [1.82, 2.24) is 0 Å². The molecule has 0 aliphatic heterocycles. The van der Waals surface area contributed by atoms with Gasteiger partial charge in [-0.15, -0.1) is 0 Å². The number of carbonyl (C=O) groups is 3. The molecular weight excluding hydrogens is 630 g/mol. The summed E-state index contributed by atoms with van der Waals surface area (Å²) in [7, 11) is 5.48. The molecule has 0 spiro atoms. The van der Waals surface area contributed by atoms with Gasteiger partial charge in [0.1, 0.15) is 6.61 Å². The molecule has 2 atom stereocenters. The van der Waals surface area contributed by atoms with Crippen LogP contribution in [-0.4, -0.2) is 80.6 Å². The molecule has 0 fully saturated rings. The first-order valence-electron chi connectivity index (χ1n) is 18.7. The zero-order valence-electron chi connectivity index (χ0n) is 31.8. The summed E-state index contributed by atoms with van der Waals surface area (Å²) in [6, 6.07) is -0.629. The highest BCUT2D eigenvalue weighted by Crippen LogP contribution is 2.11. The van der Waals surface area contributed by atoms with Crippen LogP contribution in [0.1, 0.15) is 110 Å². The van der Waals surface area contributed by atoms with Crippen molar-refractivity contribution < 1.29 is 38.2 Å². The van der Waals surface area contributed by atoms with Crippen LogP contribution < -0.4 is 0 Å². The lowest BCUT2D eigenvalue weighted by molar-refractivity contribution is -0.887. The van der Waals surface area contributed by atoms with Crippen LogP contribution in [0.25, 0.3) is 0 Å². The molecule has 0 heterocycles. The normalized spacial score (nSPS) is 14.0. The molecule has 0 bridgehead atoms. The van der Waals surface area contributed by atoms with Crippen molar-refractivity contribution in [2.45, 2.75) is 122 Å². The van der Waals surface area contributed by atoms with Crippen LogP contribution in [0.5, 0.6) is 0 Å². The third-order valence-corrected chi connectivity index (χ3v) is 7.68. The SMILES string of the molecule is CC/C=C/C=C/C=C/C=C/C=C/CCCCCC(=O)OCC(COCCC(C(=O)O)[N+](C)(C)C)OC(=O)CCCCC/C=C/C=C/CCCC. The van der Waals surface area contributed by atoms with Gasteiger partial charge in [-0.25, -0.2) is 4.79 Å². The van der Waals surface area contributed by atoms with Crippen molar-refractivity contribution in [1.29, 1.82) is 0 Å². The van der Waals surface area contributed by atoms with E-state index in [2.05, 4.69) is 50.3 Å². The molecule has 0 aliphatic rings. The highest BCUT2D eigenvalue weighted by molar-refractivity contribution is 5.72. The minimum Gasteiger partial charge on any atom is -0.477 e. The van der Waals surface area contributed by atoms with Gasteiger partial charge in [0.05, 0.1) is 34.4 Å². The van der Waals surface area contributed by atoms with Gasteiger partial charge in [0.2, 0.25) is 0 Å². The standard InChI is InChI=1S/C42H67NO7/c1-6-8-10-12-14-16-18-19-20-21-23-24-26-28-30-32-40(44)49-37-38(36-48-35-34-39(42(46)47)43(3,4)5)50-41(45)33-31-29-27-25-22-17-15-13-11-9-7-2/h8,10,12-23,38-39H,6-7,9,11,24-37H2,1-5H3/p+1/b10-8+,14-12+,15-13+,18-16+,20-19+,22-17+,23-21+. The molecule has 2 unspecified atom stereocenters. The predicted molar refractivity (Wildman–Crippen MR) is 206 cm³/mol. The van der Waals surface area contributed by atoms with Gasteiger partial charge in [-0.3, -0.25) is 9.59 Å². The Morgan fingerprint density at radius 3 is 1.64 bits per heavy atom. The number of hydrogen-bond acceptors (Lipinski definition) is 6. The lowest BCUT2D eigenvalue weighted by Crippen LogP contribution is -2.50. The van der Waals surface area contributed by atoms with Crippen LogP contribution in [0.4, 0.5) is 0 Å². The van der Waals surface area contributed by atoms with Gasteiger partial charge in [-0.1, -0.05) is 125 Å². The summed E-state index contributed by atoms with van der Waals surface area (Å²) >= 11 is 0. The second-order valence-electron chi connectivity index (χ2n) is 13.2. The highest BCUT2D eigenvalue weighted by Gasteiger charge is 2.31. The van der Waals surface area contributed by atoms with Gasteiger partial charge in [0.25, 0.3) is 0 Å². The minimum atomic E-state index is -0.892. The van der Waals surface area contributed by atoms with Crippen molar-refractivity contribution in [3.05, 3.63) is 85.1 Å². The Labute approximate surface area is 303 Å². The third kappa shape index (κ3) is 30.6. The molecule has 0 radical (unpaired) electrons. The van der Waals surface area contributed by atoms with Gasteiger partial charge >= 0.3 is 17.9 Å². The quantitative estimate of drug-likeness (QED) is 0.0333. The van der Waals surface area contributed by atoms with Crippen molar-refractivity contribution in [3.8, 4) is 0 Å². The topological polar surface area (TPSA) is 99.1 Å². The number of quaternary nitrogens is 1. The molecule has 0 aromatic carbocycles. The Hall–Kier alpha value is -3.49. The maximum Gasteiger partial charge on any atom is 0.362 e. The first-order chi connectivity index (χ1) is 24.1. The van der Waals surface area contributed by atoms with Crippen molar-refractivity contribution in [2.75, 3.05) is 41.0 Å².